The Morgan fingerprint density at radius 2 is 1.77 bits per heavy atom. The molecule has 11 heteroatoms. The van der Waals surface area contributed by atoms with Crippen molar-refractivity contribution in [2.75, 3.05) is 12.0 Å². The Balaban J connectivity index is 1.75. The van der Waals surface area contributed by atoms with E-state index < -0.39 is 29.2 Å². The molecule has 4 rings (SSSR count). The van der Waals surface area contributed by atoms with Gasteiger partial charge in [0.05, 0.1) is 7.11 Å². The van der Waals surface area contributed by atoms with Gasteiger partial charge in [0.15, 0.2) is 0 Å². The number of benzene rings is 3. The lowest BCUT2D eigenvalue weighted by Crippen LogP contribution is -2.50. The number of nitrogens with zero attached hydrogens (tertiary/aromatic N) is 5. The molecule has 0 unspecified atom stereocenters. The summed E-state index contributed by atoms with van der Waals surface area (Å²) in [6.07, 6.45) is 0. The maximum absolute atomic E-state index is 13.9. The first-order valence-electron chi connectivity index (χ1n) is 12.1. The van der Waals surface area contributed by atoms with Crippen LogP contribution in [0.5, 0.6) is 11.5 Å². The van der Waals surface area contributed by atoms with Crippen LogP contribution in [-0.4, -0.2) is 49.8 Å². The number of anilines is 1. The molecule has 2 amide bonds. The predicted octanol–water partition coefficient (Wildman–Crippen LogP) is 3.88. The molecule has 39 heavy (non-hydrogen) atoms. The van der Waals surface area contributed by atoms with E-state index in [0.717, 1.165) is 4.80 Å². The molecule has 0 aliphatic carbocycles. The summed E-state index contributed by atoms with van der Waals surface area (Å²) < 4.78 is 18.7. The zero-order valence-corrected chi connectivity index (χ0v) is 22.0. The third-order valence-corrected chi connectivity index (χ3v) is 5.65. The van der Waals surface area contributed by atoms with Gasteiger partial charge in [0.2, 0.25) is 11.7 Å². The minimum Gasteiger partial charge on any atom is -0.508 e. The number of amides is 2. The Morgan fingerprint density at radius 3 is 2.41 bits per heavy atom. The molecule has 10 nitrogen and oxygen atoms in total. The van der Waals surface area contributed by atoms with Gasteiger partial charge in [-0.05, 0) is 80.1 Å². The van der Waals surface area contributed by atoms with Crippen LogP contribution in [0.4, 0.5) is 10.1 Å². The van der Waals surface area contributed by atoms with Gasteiger partial charge in [-0.3, -0.25) is 14.5 Å². The normalized spacial score (nSPS) is 12.0. The van der Waals surface area contributed by atoms with E-state index in [9.17, 15) is 19.1 Å². The number of halogens is 1. The molecule has 0 aliphatic rings. The molecule has 0 bridgehead atoms. The van der Waals surface area contributed by atoms with Crippen LogP contribution < -0.4 is 15.0 Å². The van der Waals surface area contributed by atoms with Gasteiger partial charge in [0.1, 0.15) is 29.9 Å². The number of tetrazole rings is 1. The molecule has 0 radical (unpaired) electrons. The van der Waals surface area contributed by atoms with Crippen LogP contribution in [0.15, 0.2) is 72.8 Å². The average molecular weight is 533 g/mol. The van der Waals surface area contributed by atoms with Gasteiger partial charge in [0, 0.05) is 22.9 Å². The number of ether oxygens (including phenoxy) is 1. The number of aromatic nitrogens is 4. The molecule has 0 fully saturated rings. The zero-order chi connectivity index (χ0) is 28.2. The van der Waals surface area contributed by atoms with Crippen molar-refractivity contribution in [3.8, 4) is 22.9 Å². The fourth-order valence-corrected chi connectivity index (χ4v) is 3.93. The molecule has 202 valence electrons. The Bertz CT molecular complexity index is 1450. The second-order valence-corrected chi connectivity index (χ2v) is 9.85. The third-order valence-electron chi connectivity index (χ3n) is 5.65. The van der Waals surface area contributed by atoms with Crippen molar-refractivity contribution >= 4 is 17.5 Å². The fourth-order valence-electron chi connectivity index (χ4n) is 3.93. The highest BCUT2D eigenvalue weighted by Crippen LogP contribution is 2.32. The van der Waals surface area contributed by atoms with Gasteiger partial charge >= 0.3 is 0 Å². The Labute approximate surface area is 225 Å². The molecular formula is C28H29FN6O4. The second-order valence-electron chi connectivity index (χ2n) is 9.85. The van der Waals surface area contributed by atoms with Crippen LogP contribution >= 0.6 is 0 Å². The summed E-state index contributed by atoms with van der Waals surface area (Å²) in [6, 6.07) is 17.3. The Morgan fingerprint density at radius 1 is 1.08 bits per heavy atom. The number of rotatable bonds is 8. The Kier molecular flexibility index (Phi) is 7.89. The van der Waals surface area contributed by atoms with Gasteiger partial charge in [-0.1, -0.05) is 18.2 Å². The van der Waals surface area contributed by atoms with Crippen molar-refractivity contribution < 1.29 is 23.8 Å². The molecule has 3 aromatic carbocycles. The number of carbonyl (C=O) groups is 2. The smallest absolute Gasteiger partial charge is 0.251 e. The van der Waals surface area contributed by atoms with Gasteiger partial charge < -0.3 is 15.2 Å². The molecule has 4 aromatic rings. The molecule has 0 saturated carbocycles. The quantitative estimate of drug-likeness (QED) is 0.353. The van der Waals surface area contributed by atoms with Gasteiger partial charge in [-0.2, -0.15) is 4.80 Å². The summed E-state index contributed by atoms with van der Waals surface area (Å²) in [5.74, 6) is -0.603. The lowest BCUT2D eigenvalue weighted by molar-refractivity contribution is -0.128. The third kappa shape index (κ3) is 6.75. The maximum Gasteiger partial charge on any atom is 0.251 e. The summed E-state index contributed by atoms with van der Waals surface area (Å²) in [4.78, 5) is 30.1. The SMILES string of the molecule is COc1cccc(N(C(=O)Cn2nnc(-c3ccc(F)cc3)n2)[C@H](C(=O)NC(C)(C)C)c2ccc(O)cc2)c1. The Hall–Kier alpha value is -4.80. The molecule has 1 heterocycles. The molecule has 0 saturated heterocycles. The van der Waals surface area contributed by atoms with Crippen LogP contribution in [0.2, 0.25) is 0 Å². The van der Waals surface area contributed by atoms with Crippen LogP contribution in [0.25, 0.3) is 11.4 Å². The molecule has 1 atom stereocenters. The van der Waals surface area contributed by atoms with Crippen LogP contribution in [0.3, 0.4) is 0 Å². The standard InChI is InChI=1S/C28H29FN6O4/c1-28(2,3)30-27(38)25(18-10-14-22(36)15-11-18)35(21-6-5-7-23(16-21)39-4)24(37)17-34-32-26(31-33-34)19-8-12-20(29)13-9-19/h5-16,25,36H,17H2,1-4H3,(H,30,38)/t25-/m0/s1. The van der Waals surface area contributed by atoms with E-state index in [4.69, 9.17) is 4.74 Å². The molecule has 2 N–H and O–H groups in total. The number of aromatic hydroxyl groups is 1. The molecule has 1 aromatic heterocycles. The zero-order valence-electron chi connectivity index (χ0n) is 22.0. The first-order valence-corrected chi connectivity index (χ1v) is 12.1. The maximum atomic E-state index is 13.9. The minimum absolute atomic E-state index is 0.0214. The highest BCUT2D eigenvalue weighted by atomic mass is 19.1. The van der Waals surface area contributed by atoms with E-state index in [1.165, 1.54) is 48.4 Å². The van der Waals surface area contributed by atoms with Crippen molar-refractivity contribution in [2.24, 2.45) is 0 Å². The van der Waals surface area contributed by atoms with Crippen molar-refractivity contribution in [2.45, 2.75) is 38.9 Å². The van der Waals surface area contributed by atoms with E-state index >= 15 is 0 Å². The lowest BCUT2D eigenvalue weighted by atomic mass is 10.0. The largest absolute Gasteiger partial charge is 0.508 e. The number of phenols is 1. The number of carbonyl (C=O) groups excluding carboxylic acids is 2. The summed E-state index contributed by atoms with van der Waals surface area (Å²) in [5.41, 5.74) is 0.822. The van der Waals surface area contributed by atoms with Crippen molar-refractivity contribution in [3.05, 3.63) is 84.2 Å². The molecular weight excluding hydrogens is 503 g/mol. The number of methoxy groups -OCH3 is 1. The minimum atomic E-state index is -1.11. The average Bonchev–Trinajstić information content (AvgIpc) is 3.35. The summed E-state index contributed by atoms with van der Waals surface area (Å²) >= 11 is 0. The lowest BCUT2D eigenvalue weighted by Gasteiger charge is -2.33. The number of phenolic OH excluding ortho intramolecular Hbond substituents is 1. The topological polar surface area (TPSA) is 122 Å². The number of hydrogen-bond donors (Lipinski definition) is 2. The highest BCUT2D eigenvalue weighted by molar-refractivity contribution is 6.01. The van der Waals surface area contributed by atoms with Gasteiger partial charge in [0.25, 0.3) is 5.91 Å². The first kappa shape index (κ1) is 27.2. The fraction of sp³-hybridized carbons (Fsp3) is 0.250. The first-order chi connectivity index (χ1) is 18.5. The molecule has 0 aliphatic heterocycles. The van der Waals surface area contributed by atoms with Crippen molar-refractivity contribution in [1.82, 2.24) is 25.5 Å². The van der Waals surface area contributed by atoms with Gasteiger partial charge in [-0.15, -0.1) is 10.2 Å². The summed E-state index contributed by atoms with van der Waals surface area (Å²) in [7, 11) is 1.51. The monoisotopic (exact) mass is 532 g/mol. The number of hydrogen-bond acceptors (Lipinski definition) is 7. The van der Waals surface area contributed by atoms with E-state index in [1.807, 2.05) is 20.8 Å². The van der Waals surface area contributed by atoms with E-state index in [2.05, 4.69) is 20.7 Å². The molecule has 0 spiro atoms. The van der Waals surface area contributed by atoms with Crippen molar-refractivity contribution in [3.63, 3.8) is 0 Å². The number of nitrogens with one attached hydrogen (secondary N) is 1. The van der Waals surface area contributed by atoms with E-state index in [0.29, 0.717) is 22.6 Å². The van der Waals surface area contributed by atoms with Crippen LogP contribution in [-0.2, 0) is 16.1 Å². The van der Waals surface area contributed by atoms with Gasteiger partial charge in [-0.25, -0.2) is 4.39 Å². The highest BCUT2D eigenvalue weighted by Gasteiger charge is 2.35. The van der Waals surface area contributed by atoms with E-state index in [1.54, 1.807) is 36.4 Å². The predicted molar refractivity (Wildman–Crippen MR) is 142 cm³/mol. The summed E-state index contributed by atoms with van der Waals surface area (Å²) in [5, 5.41) is 25.1. The second kappa shape index (κ2) is 11.3. The van der Waals surface area contributed by atoms with E-state index in [-0.39, 0.29) is 18.1 Å². The summed E-state index contributed by atoms with van der Waals surface area (Å²) in [6.45, 7) is 5.18. The van der Waals surface area contributed by atoms with Crippen LogP contribution in [0, 0.1) is 5.82 Å². The van der Waals surface area contributed by atoms with Crippen LogP contribution in [0.1, 0.15) is 32.4 Å². The van der Waals surface area contributed by atoms with Crippen molar-refractivity contribution in [1.29, 1.82) is 0 Å².